The van der Waals surface area contributed by atoms with E-state index in [1.165, 1.54) is 6.92 Å². The fourth-order valence-electron chi connectivity index (χ4n) is 15.5. The predicted molar refractivity (Wildman–Crippen MR) is 224 cm³/mol. The SMILES string of the molecule is C[C@@H]1O[C@@H](O[C@H]2[C@@H](O[C@H]3CC[C@]4(C)[C@H]5[C@@H](O)CC6=C7[C@]8(CC[C@](C)(OC8=O)[C@]7(C)O)CC[C@@]6(C)[C@]5(C)CC[C@H]4C3(C)C)OC[C@H](O)[C@@H]2O[C@@H]2O[C@H](CO)[C@@H](O)[C@H](O)[C@H]2O)[C@H](O)[C@H](O)[C@H]1O. The molecule has 5 saturated heterocycles. The molecule has 10 rings (SSSR count). The summed E-state index contributed by atoms with van der Waals surface area (Å²) in [5.74, 6) is -0.385. The summed E-state index contributed by atoms with van der Waals surface area (Å²) in [5.41, 5.74) is -3.28. The van der Waals surface area contributed by atoms with Crippen LogP contribution in [0.4, 0.5) is 0 Å². The van der Waals surface area contributed by atoms with E-state index in [1.807, 2.05) is 6.92 Å². The Bertz CT molecular complexity index is 1880. The van der Waals surface area contributed by atoms with E-state index < -0.39 is 138 Å². The topological polar surface area (TPSA) is 284 Å². The lowest BCUT2D eigenvalue weighted by molar-refractivity contribution is -0.388. The molecule has 4 saturated carbocycles. The minimum absolute atomic E-state index is 0.0209. The highest BCUT2D eigenvalue weighted by Crippen LogP contribution is 2.77. The maximum atomic E-state index is 13.8. The van der Waals surface area contributed by atoms with Gasteiger partial charge in [-0.05, 0) is 118 Å². The highest BCUT2D eigenvalue weighted by molar-refractivity contribution is 5.86. The van der Waals surface area contributed by atoms with Crippen LogP contribution in [0.5, 0.6) is 0 Å². The molecule has 0 radical (unpaired) electrons. The van der Waals surface area contributed by atoms with E-state index >= 15 is 0 Å². The number of hydrogen-bond acceptors (Lipinski definition) is 18. The van der Waals surface area contributed by atoms with Gasteiger partial charge in [-0.1, -0.05) is 40.2 Å². The van der Waals surface area contributed by atoms with Gasteiger partial charge in [-0.2, -0.15) is 0 Å². The third-order valence-electron chi connectivity index (χ3n) is 19.6. The Morgan fingerprint density at radius 2 is 1.31 bits per heavy atom. The summed E-state index contributed by atoms with van der Waals surface area (Å²) in [6.45, 7) is 15.2. The number of ether oxygens (including phenoxy) is 7. The quantitative estimate of drug-likeness (QED) is 0.0918. The molecule has 9 fully saturated rings. The average Bonchev–Trinajstić information content (AvgIpc) is 3.23. The number of esters is 1. The second-order valence-corrected chi connectivity index (χ2v) is 23.1. The molecule has 5 aliphatic carbocycles. The standard InChI is InChI=1S/C47H74O18/c1-20-27(51)29(53)31(55)37(60-20)64-34-33(63-38-32(56)30(54)28(52)24(18-48)61-38)23(50)19-59-39(34)62-26-10-11-42(4)25(41(26,2)3)9-12-44(6)36(42)22(49)17-21-35-46(8,58)45(7)14-16-47(35,40(57)65-45)15-13-43(21,44)5/h20,22-34,36-39,48-56,58H,9-19H2,1-8H3/t20-,22-,23-,24+,25-,26-,27-,28+,29+,30-,31+,32+,33-,34+,36+,37-,38-,39+,42-,43+,44+,45-,46+,47+/m0/s1. The van der Waals surface area contributed by atoms with E-state index in [2.05, 4.69) is 34.6 Å². The highest BCUT2D eigenvalue weighted by atomic mass is 16.8. The van der Waals surface area contributed by atoms with Gasteiger partial charge < -0.3 is 84.2 Å². The molecule has 5 aliphatic heterocycles. The summed E-state index contributed by atoms with van der Waals surface area (Å²) in [5, 5.41) is 110. The number of rotatable bonds is 7. The van der Waals surface area contributed by atoms with Crippen LogP contribution in [-0.2, 0) is 38.0 Å². The van der Waals surface area contributed by atoms with Crippen LogP contribution in [0.15, 0.2) is 11.1 Å². The number of carbonyl (C=O) groups excluding carboxylic acids is 1. The first kappa shape index (κ1) is 48.6. The monoisotopic (exact) mass is 926 g/mol. The number of hydrogen-bond donors (Lipinski definition) is 10. The van der Waals surface area contributed by atoms with Crippen molar-refractivity contribution < 1.29 is 89.0 Å². The van der Waals surface area contributed by atoms with E-state index in [4.69, 9.17) is 33.2 Å². The molecule has 18 heteroatoms. The zero-order valence-corrected chi connectivity index (χ0v) is 38.9. The van der Waals surface area contributed by atoms with Gasteiger partial charge in [0.1, 0.15) is 72.2 Å². The zero-order chi connectivity index (χ0) is 47.4. The first-order valence-corrected chi connectivity index (χ1v) is 23.9. The number of aliphatic hydroxyl groups is 10. The van der Waals surface area contributed by atoms with Crippen molar-refractivity contribution in [2.45, 2.75) is 223 Å². The van der Waals surface area contributed by atoms with Gasteiger partial charge in [0.05, 0.1) is 36.9 Å². The molecule has 0 unspecified atom stereocenters. The zero-order valence-electron chi connectivity index (χ0n) is 38.9. The van der Waals surface area contributed by atoms with Crippen LogP contribution in [0.2, 0.25) is 0 Å². The van der Waals surface area contributed by atoms with Crippen LogP contribution in [0.3, 0.4) is 0 Å². The Hall–Kier alpha value is -1.43. The van der Waals surface area contributed by atoms with E-state index in [1.54, 1.807) is 6.92 Å². The third kappa shape index (κ3) is 6.74. The fourth-order valence-corrected chi connectivity index (χ4v) is 15.5. The number of aliphatic hydroxyl groups excluding tert-OH is 9. The van der Waals surface area contributed by atoms with Crippen LogP contribution in [0, 0.1) is 38.9 Å². The Labute approximate surface area is 380 Å². The second-order valence-electron chi connectivity index (χ2n) is 23.1. The number of fused-ring (bicyclic) bond motifs is 7. The smallest absolute Gasteiger partial charge is 0.316 e. The second kappa shape index (κ2) is 16.0. The molecule has 10 N–H and O–H groups in total. The van der Waals surface area contributed by atoms with Crippen LogP contribution in [-0.4, -0.2) is 180 Å². The van der Waals surface area contributed by atoms with Crippen LogP contribution in [0.1, 0.15) is 113 Å². The summed E-state index contributed by atoms with van der Waals surface area (Å²) in [6, 6.07) is 0. The van der Waals surface area contributed by atoms with Gasteiger partial charge in [0.2, 0.25) is 0 Å². The molecule has 0 amide bonds. The Morgan fingerprint density at radius 1 is 0.677 bits per heavy atom. The molecule has 0 aromatic rings. The molecular weight excluding hydrogens is 852 g/mol. The van der Waals surface area contributed by atoms with Gasteiger partial charge in [-0.25, -0.2) is 0 Å². The third-order valence-corrected chi connectivity index (χ3v) is 19.6. The Morgan fingerprint density at radius 3 is 1.97 bits per heavy atom. The molecule has 0 aromatic heterocycles. The molecule has 0 aromatic carbocycles. The summed E-state index contributed by atoms with van der Waals surface area (Å²) >= 11 is 0. The van der Waals surface area contributed by atoms with Crippen LogP contribution < -0.4 is 0 Å². The molecule has 2 bridgehead atoms. The molecule has 370 valence electrons. The van der Waals surface area contributed by atoms with Crippen LogP contribution >= 0.6 is 0 Å². The van der Waals surface area contributed by atoms with Crippen molar-refractivity contribution in [3.63, 3.8) is 0 Å². The molecular formula is C47H74O18. The molecule has 65 heavy (non-hydrogen) atoms. The van der Waals surface area contributed by atoms with Crippen molar-refractivity contribution >= 4 is 5.97 Å². The summed E-state index contributed by atoms with van der Waals surface area (Å²) in [7, 11) is 0. The van der Waals surface area contributed by atoms with Crippen molar-refractivity contribution in [3.8, 4) is 0 Å². The minimum Gasteiger partial charge on any atom is -0.455 e. The molecule has 10 aliphatic rings. The first-order chi connectivity index (χ1) is 30.2. The minimum atomic E-state index is -1.83. The Kier molecular flexibility index (Phi) is 12.0. The van der Waals surface area contributed by atoms with Crippen LogP contribution in [0.25, 0.3) is 0 Å². The van der Waals surface area contributed by atoms with Gasteiger partial charge in [-0.15, -0.1) is 0 Å². The highest BCUT2D eigenvalue weighted by Gasteiger charge is 2.75. The Balaban J connectivity index is 1.01. The lowest BCUT2D eigenvalue weighted by Crippen LogP contribution is -2.72. The average molecular weight is 927 g/mol. The maximum absolute atomic E-state index is 13.8. The van der Waals surface area contributed by atoms with Gasteiger partial charge >= 0.3 is 5.97 Å². The van der Waals surface area contributed by atoms with Crippen molar-refractivity contribution in [1.82, 2.24) is 0 Å². The van der Waals surface area contributed by atoms with E-state index in [-0.39, 0.29) is 29.8 Å². The largest absolute Gasteiger partial charge is 0.455 e. The normalized spacial score (nSPS) is 57.4. The van der Waals surface area contributed by atoms with E-state index in [0.717, 1.165) is 30.4 Å². The van der Waals surface area contributed by atoms with Crippen molar-refractivity contribution in [1.29, 1.82) is 0 Å². The van der Waals surface area contributed by atoms with E-state index in [9.17, 15) is 55.9 Å². The summed E-state index contributed by atoms with van der Waals surface area (Å²) in [6.07, 6.45) is -17.1. The first-order valence-electron chi connectivity index (χ1n) is 23.9. The molecule has 1 spiro atoms. The lowest BCUT2D eigenvalue weighted by atomic mass is 9.33. The van der Waals surface area contributed by atoms with Crippen molar-refractivity contribution in [3.05, 3.63) is 11.1 Å². The fraction of sp³-hybridized carbons (Fsp3) is 0.936. The predicted octanol–water partition coefficient (Wildman–Crippen LogP) is 0.0534. The summed E-state index contributed by atoms with van der Waals surface area (Å²) < 4.78 is 43.0. The van der Waals surface area contributed by atoms with Gasteiger partial charge in [-0.3, -0.25) is 4.79 Å². The van der Waals surface area contributed by atoms with Gasteiger partial charge in [0, 0.05) is 0 Å². The lowest BCUT2D eigenvalue weighted by Gasteiger charge is -2.73. The van der Waals surface area contributed by atoms with Gasteiger partial charge in [0.15, 0.2) is 18.9 Å². The maximum Gasteiger partial charge on any atom is 0.316 e. The molecule has 24 atom stereocenters. The molecule has 5 heterocycles. The molecule has 18 nitrogen and oxygen atoms in total. The van der Waals surface area contributed by atoms with E-state index in [0.29, 0.717) is 38.5 Å². The number of carbonyl (C=O) groups is 1. The van der Waals surface area contributed by atoms with Crippen molar-refractivity contribution in [2.75, 3.05) is 13.2 Å². The summed E-state index contributed by atoms with van der Waals surface area (Å²) in [4.78, 5) is 13.8. The van der Waals surface area contributed by atoms with Crippen molar-refractivity contribution in [2.24, 2.45) is 38.9 Å². The van der Waals surface area contributed by atoms with Gasteiger partial charge in [0.25, 0.3) is 0 Å².